The predicted octanol–water partition coefficient (Wildman–Crippen LogP) is 2.84. The van der Waals surface area contributed by atoms with Gasteiger partial charge in [-0.3, -0.25) is 4.90 Å². The Labute approximate surface area is 112 Å². The topological polar surface area (TPSA) is 15.3 Å². The van der Waals surface area contributed by atoms with Gasteiger partial charge in [-0.2, -0.15) is 11.8 Å². The summed E-state index contributed by atoms with van der Waals surface area (Å²) in [7, 11) is 0. The molecule has 1 fully saturated rings. The molecule has 0 aromatic carbocycles. The quantitative estimate of drug-likeness (QED) is 0.707. The molecule has 0 bridgehead atoms. The van der Waals surface area contributed by atoms with Crippen LogP contribution >= 0.6 is 11.8 Å². The molecule has 102 valence electrons. The molecule has 0 radical (unpaired) electrons. The molecule has 0 amide bonds. The summed E-state index contributed by atoms with van der Waals surface area (Å²) in [5, 5.41) is 3.53. The van der Waals surface area contributed by atoms with Gasteiger partial charge in [-0.25, -0.2) is 0 Å². The highest BCUT2D eigenvalue weighted by molar-refractivity contribution is 7.99. The molecule has 0 aromatic rings. The van der Waals surface area contributed by atoms with E-state index in [1.807, 2.05) is 0 Å². The second-order valence-electron chi connectivity index (χ2n) is 5.59. The average molecular weight is 258 g/mol. The normalized spacial score (nSPS) is 20.5. The Kier molecular flexibility index (Phi) is 8.33. The molecule has 1 N–H and O–H groups in total. The molecule has 1 unspecified atom stereocenters. The molecule has 1 saturated heterocycles. The van der Waals surface area contributed by atoms with Gasteiger partial charge in [0.1, 0.15) is 0 Å². The Hall–Kier alpha value is 0.270. The van der Waals surface area contributed by atoms with E-state index in [1.54, 1.807) is 0 Å². The molecule has 17 heavy (non-hydrogen) atoms. The van der Waals surface area contributed by atoms with Crippen LogP contribution in [0.25, 0.3) is 0 Å². The number of nitrogens with one attached hydrogen (secondary N) is 1. The van der Waals surface area contributed by atoms with Gasteiger partial charge in [0.05, 0.1) is 0 Å². The molecule has 1 atom stereocenters. The molecule has 0 aromatic heterocycles. The molecule has 2 nitrogen and oxygen atoms in total. The van der Waals surface area contributed by atoms with Crippen LogP contribution in [0.1, 0.15) is 40.0 Å². The molecular formula is C14H30N2S. The summed E-state index contributed by atoms with van der Waals surface area (Å²) in [6, 6.07) is 0.773. The zero-order valence-corrected chi connectivity index (χ0v) is 12.7. The molecule has 3 heteroatoms. The van der Waals surface area contributed by atoms with Crippen LogP contribution in [-0.4, -0.2) is 48.6 Å². The number of hydrogen-bond donors (Lipinski definition) is 1. The second kappa shape index (κ2) is 9.23. The molecule has 0 aliphatic carbocycles. The van der Waals surface area contributed by atoms with Gasteiger partial charge in [0.15, 0.2) is 0 Å². The van der Waals surface area contributed by atoms with Gasteiger partial charge in [0.2, 0.25) is 0 Å². The summed E-state index contributed by atoms with van der Waals surface area (Å²) in [4.78, 5) is 2.68. The Morgan fingerprint density at radius 1 is 1.18 bits per heavy atom. The van der Waals surface area contributed by atoms with E-state index in [9.17, 15) is 0 Å². The third-order valence-electron chi connectivity index (χ3n) is 3.41. The Bertz CT molecular complexity index is 177. The lowest BCUT2D eigenvalue weighted by Gasteiger charge is -2.27. The van der Waals surface area contributed by atoms with Crippen molar-refractivity contribution in [2.24, 2.45) is 5.92 Å². The van der Waals surface area contributed by atoms with E-state index in [4.69, 9.17) is 0 Å². The van der Waals surface area contributed by atoms with Crippen LogP contribution in [0.4, 0.5) is 0 Å². The number of nitrogens with zero attached hydrogens (tertiary/aromatic N) is 1. The maximum absolute atomic E-state index is 3.53. The minimum atomic E-state index is 0.773. The van der Waals surface area contributed by atoms with Crippen molar-refractivity contribution in [1.82, 2.24) is 10.2 Å². The fourth-order valence-electron chi connectivity index (χ4n) is 2.30. The largest absolute Gasteiger partial charge is 0.316 e. The predicted molar refractivity (Wildman–Crippen MR) is 79.9 cm³/mol. The van der Waals surface area contributed by atoms with Gasteiger partial charge in [0, 0.05) is 18.3 Å². The lowest BCUT2D eigenvalue weighted by molar-refractivity contribution is 0.212. The highest BCUT2D eigenvalue weighted by atomic mass is 32.2. The summed E-state index contributed by atoms with van der Waals surface area (Å²) in [5.41, 5.74) is 0. The van der Waals surface area contributed by atoms with Gasteiger partial charge < -0.3 is 5.32 Å². The lowest BCUT2D eigenvalue weighted by Crippen LogP contribution is -2.35. The van der Waals surface area contributed by atoms with Crippen LogP contribution in [0.15, 0.2) is 0 Å². The van der Waals surface area contributed by atoms with Crippen LogP contribution < -0.4 is 5.32 Å². The SMILES string of the molecule is CC(C)CNCCCC(C)N1CCCSCC1. The van der Waals surface area contributed by atoms with Crippen LogP contribution in [0.2, 0.25) is 0 Å². The Morgan fingerprint density at radius 2 is 2.00 bits per heavy atom. The molecule has 1 heterocycles. The van der Waals surface area contributed by atoms with Crippen molar-refractivity contribution in [2.45, 2.75) is 46.1 Å². The van der Waals surface area contributed by atoms with Gasteiger partial charge in [0.25, 0.3) is 0 Å². The third-order valence-corrected chi connectivity index (χ3v) is 4.46. The molecule has 1 aliphatic heterocycles. The lowest BCUT2D eigenvalue weighted by atomic mass is 10.1. The minimum absolute atomic E-state index is 0.773. The van der Waals surface area contributed by atoms with Crippen molar-refractivity contribution >= 4 is 11.8 Å². The first kappa shape index (κ1) is 15.3. The summed E-state index contributed by atoms with van der Waals surface area (Å²) in [5.74, 6) is 3.46. The molecule has 0 spiro atoms. The zero-order chi connectivity index (χ0) is 12.5. The number of hydrogen-bond acceptors (Lipinski definition) is 3. The first-order valence-corrected chi connectivity index (χ1v) is 8.38. The van der Waals surface area contributed by atoms with E-state index in [0.717, 1.165) is 18.5 Å². The van der Waals surface area contributed by atoms with Crippen molar-refractivity contribution in [3.63, 3.8) is 0 Å². The van der Waals surface area contributed by atoms with E-state index < -0.39 is 0 Å². The van der Waals surface area contributed by atoms with Gasteiger partial charge >= 0.3 is 0 Å². The van der Waals surface area contributed by atoms with E-state index in [2.05, 4.69) is 42.7 Å². The van der Waals surface area contributed by atoms with Gasteiger partial charge in [-0.1, -0.05) is 13.8 Å². The van der Waals surface area contributed by atoms with Crippen LogP contribution in [0.5, 0.6) is 0 Å². The van der Waals surface area contributed by atoms with E-state index in [-0.39, 0.29) is 0 Å². The molecule has 1 rings (SSSR count). The van der Waals surface area contributed by atoms with Crippen molar-refractivity contribution in [2.75, 3.05) is 37.7 Å². The van der Waals surface area contributed by atoms with Gasteiger partial charge in [-0.05, 0) is 57.5 Å². The summed E-state index contributed by atoms with van der Waals surface area (Å²) in [6.45, 7) is 11.9. The average Bonchev–Trinajstić information content (AvgIpc) is 2.56. The molecular weight excluding hydrogens is 228 g/mol. The first-order valence-electron chi connectivity index (χ1n) is 7.22. The first-order chi connectivity index (χ1) is 8.20. The fourth-order valence-corrected chi connectivity index (χ4v) is 3.20. The monoisotopic (exact) mass is 258 g/mol. The van der Waals surface area contributed by atoms with Crippen molar-refractivity contribution < 1.29 is 0 Å². The summed E-state index contributed by atoms with van der Waals surface area (Å²) >= 11 is 2.12. The minimum Gasteiger partial charge on any atom is -0.316 e. The number of rotatable bonds is 7. The van der Waals surface area contributed by atoms with Gasteiger partial charge in [-0.15, -0.1) is 0 Å². The highest BCUT2D eigenvalue weighted by Crippen LogP contribution is 2.14. The number of thioether (sulfide) groups is 1. The van der Waals surface area contributed by atoms with Crippen molar-refractivity contribution in [1.29, 1.82) is 0 Å². The van der Waals surface area contributed by atoms with Crippen molar-refractivity contribution in [3.05, 3.63) is 0 Å². The van der Waals surface area contributed by atoms with E-state index in [0.29, 0.717) is 0 Å². The fraction of sp³-hybridized carbons (Fsp3) is 1.00. The Morgan fingerprint density at radius 3 is 2.76 bits per heavy atom. The summed E-state index contributed by atoms with van der Waals surface area (Å²) in [6.07, 6.45) is 4.04. The maximum atomic E-state index is 3.53. The highest BCUT2D eigenvalue weighted by Gasteiger charge is 2.15. The maximum Gasteiger partial charge on any atom is 0.00752 e. The second-order valence-corrected chi connectivity index (χ2v) is 6.82. The summed E-state index contributed by atoms with van der Waals surface area (Å²) < 4.78 is 0. The van der Waals surface area contributed by atoms with E-state index in [1.165, 1.54) is 50.4 Å². The standard InChI is InChI=1S/C14H30N2S/c1-13(2)12-15-7-4-6-14(3)16-8-5-10-17-11-9-16/h13-15H,4-12H2,1-3H3. The Balaban J connectivity index is 2.04. The van der Waals surface area contributed by atoms with Crippen LogP contribution in [0.3, 0.4) is 0 Å². The molecule has 0 saturated carbocycles. The zero-order valence-electron chi connectivity index (χ0n) is 11.9. The van der Waals surface area contributed by atoms with Crippen LogP contribution in [-0.2, 0) is 0 Å². The third kappa shape index (κ3) is 7.32. The van der Waals surface area contributed by atoms with Crippen molar-refractivity contribution in [3.8, 4) is 0 Å². The van der Waals surface area contributed by atoms with E-state index >= 15 is 0 Å². The smallest absolute Gasteiger partial charge is 0.00752 e. The van der Waals surface area contributed by atoms with Crippen LogP contribution in [0, 0.1) is 5.92 Å². The molecule has 1 aliphatic rings.